The normalized spacial score (nSPS) is 12.6. The van der Waals surface area contributed by atoms with Crippen molar-refractivity contribution in [2.75, 3.05) is 13.7 Å². The maximum absolute atomic E-state index is 13.2. The molecule has 0 unspecified atom stereocenters. The van der Waals surface area contributed by atoms with Crippen LogP contribution < -0.4 is 10.7 Å². The van der Waals surface area contributed by atoms with Crippen LogP contribution in [-0.2, 0) is 11.3 Å². The van der Waals surface area contributed by atoms with Crippen LogP contribution in [0.5, 0.6) is 0 Å². The zero-order valence-electron chi connectivity index (χ0n) is 12.6. The molecule has 2 aromatic heterocycles. The van der Waals surface area contributed by atoms with Gasteiger partial charge in [-0.15, -0.1) is 11.3 Å². The fourth-order valence-corrected chi connectivity index (χ4v) is 3.28. The average Bonchev–Trinajstić information content (AvgIpc) is 3.06. The van der Waals surface area contributed by atoms with Crippen LogP contribution >= 0.6 is 11.3 Å². The van der Waals surface area contributed by atoms with E-state index in [1.807, 2.05) is 17.5 Å². The molecule has 1 aromatic carbocycles. The van der Waals surface area contributed by atoms with Crippen LogP contribution in [0.15, 0.2) is 46.6 Å². The third-order valence-corrected chi connectivity index (χ3v) is 4.60. The largest absolute Gasteiger partial charge is 0.375 e. The molecule has 0 aliphatic rings. The Labute approximate surface area is 136 Å². The monoisotopic (exact) mass is 332 g/mol. The fraction of sp³-hybridized carbons (Fsp3) is 0.235. The predicted octanol–water partition coefficient (Wildman–Crippen LogP) is 3.21. The van der Waals surface area contributed by atoms with Gasteiger partial charge in [-0.3, -0.25) is 4.79 Å². The lowest BCUT2D eigenvalue weighted by Crippen LogP contribution is -2.23. The molecule has 0 aliphatic heterocycles. The number of halogens is 1. The van der Waals surface area contributed by atoms with Crippen LogP contribution in [0.4, 0.5) is 4.39 Å². The molecule has 0 radical (unpaired) electrons. The molecule has 1 atom stereocenters. The number of fused-ring (bicyclic) bond motifs is 1. The van der Waals surface area contributed by atoms with Crippen molar-refractivity contribution < 1.29 is 9.13 Å². The van der Waals surface area contributed by atoms with Gasteiger partial charge in [0.05, 0.1) is 0 Å². The van der Waals surface area contributed by atoms with E-state index in [0.717, 1.165) is 10.6 Å². The van der Waals surface area contributed by atoms with E-state index in [9.17, 15) is 9.18 Å². The molecular formula is C17H17FN2O2S. The molecule has 2 heterocycles. The zero-order valence-corrected chi connectivity index (χ0v) is 13.5. The van der Waals surface area contributed by atoms with Gasteiger partial charge in [0.2, 0.25) is 0 Å². The highest BCUT2D eigenvalue weighted by Crippen LogP contribution is 2.21. The van der Waals surface area contributed by atoms with Gasteiger partial charge >= 0.3 is 0 Å². The minimum atomic E-state index is -0.409. The van der Waals surface area contributed by atoms with Crippen molar-refractivity contribution in [2.24, 2.45) is 0 Å². The lowest BCUT2D eigenvalue weighted by Gasteiger charge is -2.14. The Morgan fingerprint density at radius 3 is 2.96 bits per heavy atom. The smallest absolute Gasteiger partial charge is 0.189 e. The van der Waals surface area contributed by atoms with Crippen LogP contribution in [0.3, 0.4) is 0 Å². The van der Waals surface area contributed by atoms with Gasteiger partial charge < -0.3 is 15.0 Å². The van der Waals surface area contributed by atoms with E-state index in [0.29, 0.717) is 24.0 Å². The number of methoxy groups -OCH3 is 1. The highest BCUT2D eigenvalue weighted by atomic mass is 32.1. The molecule has 0 saturated heterocycles. The number of hydrogen-bond donors (Lipinski definition) is 2. The van der Waals surface area contributed by atoms with Crippen molar-refractivity contribution in [2.45, 2.75) is 12.6 Å². The molecule has 23 heavy (non-hydrogen) atoms. The lowest BCUT2D eigenvalue weighted by molar-refractivity contribution is 0.105. The van der Waals surface area contributed by atoms with Crippen molar-refractivity contribution in [1.29, 1.82) is 0 Å². The van der Waals surface area contributed by atoms with Gasteiger partial charge in [0.1, 0.15) is 11.9 Å². The predicted molar refractivity (Wildman–Crippen MR) is 90.3 cm³/mol. The lowest BCUT2D eigenvalue weighted by atomic mass is 10.2. The highest BCUT2D eigenvalue weighted by Gasteiger charge is 2.11. The van der Waals surface area contributed by atoms with E-state index < -0.39 is 5.82 Å². The van der Waals surface area contributed by atoms with Crippen molar-refractivity contribution in [1.82, 2.24) is 10.3 Å². The molecule has 0 amide bonds. The second kappa shape index (κ2) is 7.04. The molecule has 0 aliphatic carbocycles. The van der Waals surface area contributed by atoms with Gasteiger partial charge in [-0.05, 0) is 29.6 Å². The van der Waals surface area contributed by atoms with Crippen LogP contribution in [0.2, 0.25) is 0 Å². The van der Waals surface area contributed by atoms with E-state index >= 15 is 0 Å². The summed E-state index contributed by atoms with van der Waals surface area (Å²) in [5.41, 5.74) is 1.21. The number of benzene rings is 1. The Balaban J connectivity index is 1.70. The second-order valence-electron chi connectivity index (χ2n) is 5.22. The molecule has 4 nitrogen and oxygen atoms in total. The third kappa shape index (κ3) is 3.67. The van der Waals surface area contributed by atoms with Gasteiger partial charge in [0.15, 0.2) is 5.43 Å². The Morgan fingerprint density at radius 1 is 1.35 bits per heavy atom. The number of hydrogen-bond acceptors (Lipinski definition) is 4. The Hall–Kier alpha value is -2.02. The Kier molecular flexibility index (Phi) is 4.85. The number of aromatic nitrogens is 1. The standard InChI is InChI=1S/C17H17FN2O2S/c1-22-16(17-3-2-6-23-17)10-19-9-12-8-15(21)13-7-11(18)4-5-14(13)20-12/h2-8,16,19H,9-10H2,1H3,(H,20,21)/t16-/m0/s1. The zero-order chi connectivity index (χ0) is 16.2. The maximum Gasteiger partial charge on any atom is 0.189 e. The summed E-state index contributed by atoms with van der Waals surface area (Å²) < 4.78 is 18.7. The van der Waals surface area contributed by atoms with Crippen molar-refractivity contribution in [3.8, 4) is 0 Å². The number of nitrogens with one attached hydrogen (secondary N) is 2. The number of thiophene rings is 1. The highest BCUT2D eigenvalue weighted by molar-refractivity contribution is 7.10. The van der Waals surface area contributed by atoms with Crippen molar-refractivity contribution >= 4 is 22.2 Å². The van der Waals surface area contributed by atoms with Crippen LogP contribution in [0, 0.1) is 5.82 Å². The number of aromatic amines is 1. The van der Waals surface area contributed by atoms with Crippen LogP contribution in [-0.4, -0.2) is 18.6 Å². The summed E-state index contributed by atoms with van der Waals surface area (Å²) in [6.45, 7) is 1.15. The first-order valence-electron chi connectivity index (χ1n) is 7.26. The molecule has 0 saturated carbocycles. The topological polar surface area (TPSA) is 54.1 Å². The third-order valence-electron chi connectivity index (χ3n) is 3.64. The number of pyridine rings is 1. The van der Waals surface area contributed by atoms with Crippen LogP contribution in [0.25, 0.3) is 10.9 Å². The fourth-order valence-electron chi connectivity index (χ4n) is 2.48. The quantitative estimate of drug-likeness (QED) is 0.729. The van der Waals surface area contributed by atoms with Gasteiger partial charge in [-0.1, -0.05) is 6.07 Å². The summed E-state index contributed by atoms with van der Waals surface area (Å²) >= 11 is 1.65. The van der Waals surface area contributed by atoms with Gasteiger partial charge in [0, 0.05) is 47.7 Å². The van der Waals surface area contributed by atoms with E-state index in [2.05, 4.69) is 10.3 Å². The maximum atomic E-state index is 13.2. The summed E-state index contributed by atoms with van der Waals surface area (Å²) in [5.74, 6) is -0.409. The summed E-state index contributed by atoms with van der Waals surface area (Å²) in [5, 5.41) is 5.66. The number of H-pyrrole nitrogens is 1. The van der Waals surface area contributed by atoms with Crippen molar-refractivity contribution in [3.05, 3.63) is 68.4 Å². The number of rotatable bonds is 6. The average molecular weight is 332 g/mol. The summed E-state index contributed by atoms with van der Waals surface area (Å²) in [6.07, 6.45) is -0.0173. The van der Waals surface area contributed by atoms with E-state index in [1.54, 1.807) is 24.5 Å². The molecular weight excluding hydrogens is 315 g/mol. The first kappa shape index (κ1) is 15.9. The second-order valence-corrected chi connectivity index (χ2v) is 6.20. The molecule has 2 N–H and O–H groups in total. The Bertz CT molecular complexity index is 845. The van der Waals surface area contributed by atoms with Gasteiger partial charge in [-0.2, -0.15) is 0 Å². The number of ether oxygens (including phenoxy) is 1. The SMILES string of the molecule is CO[C@@H](CNCc1cc(=O)c2cc(F)ccc2[nH]1)c1cccs1. The summed E-state index contributed by atoms with van der Waals surface area (Å²) in [4.78, 5) is 16.4. The van der Waals surface area contributed by atoms with E-state index in [1.165, 1.54) is 18.2 Å². The first-order valence-corrected chi connectivity index (χ1v) is 8.13. The van der Waals surface area contributed by atoms with Crippen molar-refractivity contribution in [3.63, 3.8) is 0 Å². The van der Waals surface area contributed by atoms with Crippen LogP contribution in [0.1, 0.15) is 16.7 Å². The minimum absolute atomic E-state index is 0.0173. The Morgan fingerprint density at radius 2 is 2.22 bits per heavy atom. The summed E-state index contributed by atoms with van der Waals surface area (Å²) in [7, 11) is 1.68. The first-order chi connectivity index (χ1) is 11.2. The summed E-state index contributed by atoms with van der Waals surface area (Å²) in [6, 6.07) is 9.70. The molecule has 120 valence electrons. The molecule has 0 fully saturated rings. The molecule has 6 heteroatoms. The van der Waals surface area contributed by atoms with Gasteiger partial charge in [-0.25, -0.2) is 4.39 Å². The van der Waals surface area contributed by atoms with Gasteiger partial charge in [0.25, 0.3) is 0 Å². The molecule has 3 aromatic rings. The molecule has 0 bridgehead atoms. The van der Waals surface area contributed by atoms with E-state index in [4.69, 9.17) is 4.74 Å². The van der Waals surface area contributed by atoms with E-state index in [-0.39, 0.29) is 11.5 Å². The molecule has 3 rings (SSSR count). The minimum Gasteiger partial charge on any atom is -0.375 e. The molecule has 0 spiro atoms.